The molecule has 0 amide bonds. The Balaban J connectivity index is 1.47. The first kappa shape index (κ1) is 14.9. The highest BCUT2D eigenvalue weighted by atomic mass is 16.5. The van der Waals surface area contributed by atoms with Crippen molar-refractivity contribution < 1.29 is 9.15 Å². The van der Waals surface area contributed by atoms with Gasteiger partial charge in [0.25, 0.3) is 0 Å². The quantitative estimate of drug-likeness (QED) is 0.716. The summed E-state index contributed by atoms with van der Waals surface area (Å²) in [6.45, 7) is 3.83. The molecule has 0 N–H and O–H groups in total. The van der Waals surface area contributed by atoms with E-state index in [9.17, 15) is 0 Å². The largest absolute Gasteiger partial charge is 0.471 e. The van der Waals surface area contributed by atoms with Crippen molar-refractivity contribution in [3.63, 3.8) is 0 Å². The predicted molar refractivity (Wildman–Crippen MR) is 86.0 cm³/mol. The molecular weight excluding hydrogens is 306 g/mol. The topological polar surface area (TPSA) is 69.2 Å². The van der Waals surface area contributed by atoms with Crippen LogP contribution in [0.5, 0.6) is 5.88 Å². The van der Waals surface area contributed by atoms with Crippen LogP contribution >= 0.6 is 0 Å². The number of nitrogens with zero attached hydrogens (tertiary/aromatic N) is 5. The molecule has 0 spiro atoms. The van der Waals surface area contributed by atoms with Gasteiger partial charge in [0.1, 0.15) is 18.1 Å². The molecule has 1 aliphatic rings. The number of aryl methyl sites for hydroxylation is 1. The minimum Gasteiger partial charge on any atom is -0.471 e. The Morgan fingerprint density at radius 1 is 1.17 bits per heavy atom. The van der Waals surface area contributed by atoms with Gasteiger partial charge in [0.2, 0.25) is 5.88 Å². The fourth-order valence-corrected chi connectivity index (χ4v) is 2.90. The Morgan fingerprint density at radius 3 is 3.00 bits per heavy atom. The molecule has 0 atom stereocenters. The molecule has 3 aromatic heterocycles. The molecule has 1 aliphatic heterocycles. The summed E-state index contributed by atoms with van der Waals surface area (Å²) in [5.41, 5.74) is 1.97. The van der Waals surface area contributed by atoms with Gasteiger partial charge in [-0.05, 0) is 24.6 Å². The number of pyridine rings is 1. The highest BCUT2D eigenvalue weighted by molar-refractivity contribution is 5.14. The standard InChI is InChI=1S/C17H19N5O2/c1-2-7-18-17(6-1)24-13-15-16-12-21(11-14-5-3-10-23-14)8-4-9-22(16)20-19-15/h1-3,5-7,10H,4,8-9,11-13H2. The number of rotatable bonds is 5. The van der Waals surface area contributed by atoms with E-state index in [4.69, 9.17) is 9.15 Å². The third kappa shape index (κ3) is 3.30. The van der Waals surface area contributed by atoms with E-state index in [-0.39, 0.29) is 0 Å². The molecule has 0 saturated carbocycles. The second kappa shape index (κ2) is 6.84. The van der Waals surface area contributed by atoms with Gasteiger partial charge in [0, 0.05) is 31.9 Å². The number of hydrogen-bond acceptors (Lipinski definition) is 6. The highest BCUT2D eigenvalue weighted by Crippen LogP contribution is 2.18. The molecule has 4 rings (SSSR count). The summed E-state index contributed by atoms with van der Waals surface area (Å²) in [5.74, 6) is 1.57. The molecule has 0 unspecified atom stereocenters. The van der Waals surface area contributed by atoms with Gasteiger partial charge in [-0.1, -0.05) is 11.3 Å². The number of aromatic nitrogens is 4. The fraction of sp³-hybridized carbons (Fsp3) is 0.353. The van der Waals surface area contributed by atoms with E-state index in [1.54, 1.807) is 12.5 Å². The van der Waals surface area contributed by atoms with E-state index in [1.807, 2.05) is 35.0 Å². The number of ether oxygens (including phenoxy) is 1. The zero-order chi connectivity index (χ0) is 16.2. The van der Waals surface area contributed by atoms with Gasteiger partial charge < -0.3 is 9.15 Å². The van der Waals surface area contributed by atoms with Gasteiger partial charge in [-0.3, -0.25) is 4.90 Å². The van der Waals surface area contributed by atoms with Crippen LogP contribution in [0.3, 0.4) is 0 Å². The zero-order valence-electron chi connectivity index (χ0n) is 13.3. The van der Waals surface area contributed by atoms with Crippen molar-refractivity contribution in [2.45, 2.75) is 32.7 Å². The Kier molecular flexibility index (Phi) is 4.24. The maximum atomic E-state index is 5.73. The summed E-state index contributed by atoms with van der Waals surface area (Å²) in [6.07, 6.45) is 4.47. The lowest BCUT2D eigenvalue weighted by Crippen LogP contribution is -2.23. The van der Waals surface area contributed by atoms with Crippen molar-refractivity contribution in [2.24, 2.45) is 0 Å². The van der Waals surface area contributed by atoms with E-state index < -0.39 is 0 Å². The van der Waals surface area contributed by atoms with Gasteiger partial charge in [0.05, 0.1) is 18.5 Å². The molecule has 3 aromatic rings. The zero-order valence-corrected chi connectivity index (χ0v) is 13.3. The molecule has 7 nitrogen and oxygen atoms in total. The SMILES string of the molecule is c1ccc(OCc2nnn3c2CN(Cc2ccco2)CCC3)nc1. The predicted octanol–water partition coefficient (Wildman–Crippen LogP) is 2.25. The average molecular weight is 325 g/mol. The van der Waals surface area contributed by atoms with Crippen LogP contribution < -0.4 is 4.74 Å². The normalized spacial score (nSPS) is 15.0. The Labute approximate surface area is 139 Å². The first-order valence-electron chi connectivity index (χ1n) is 8.08. The molecule has 4 heterocycles. The lowest BCUT2D eigenvalue weighted by molar-refractivity contribution is 0.235. The van der Waals surface area contributed by atoms with E-state index >= 15 is 0 Å². The van der Waals surface area contributed by atoms with Gasteiger partial charge in [-0.2, -0.15) is 0 Å². The van der Waals surface area contributed by atoms with Crippen LogP contribution in [0.2, 0.25) is 0 Å². The molecule has 124 valence electrons. The molecule has 0 fully saturated rings. The summed E-state index contributed by atoms with van der Waals surface area (Å²) in [5, 5.41) is 8.57. The maximum absolute atomic E-state index is 5.73. The maximum Gasteiger partial charge on any atom is 0.213 e. The van der Waals surface area contributed by atoms with E-state index in [0.717, 1.165) is 49.7 Å². The van der Waals surface area contributed by atoms with E-state index in [2.05, 4.69) is 20.2 Å². The van der Waals surface area contributed by atoms with Crippen molar-refractivity contribution >= 4 is 0 Å². The summed E-state index contributed by atoms with van der Waals surface area (Å²) in [6, 6.07) is 9.53. The van der Waals surface area contributed by atoms with Crippen LogP contribution in [-0.4, -0.2) is 31.4 Å². The second-order valence-electron chi connectivity index (χ2n) is 5.81. The molecule has 7 heteroatoms. The fourth-order valence-electron chi connectivity index (χ4n) is 2.90. The number of hydrogen-bond donors (Lipinski definition) is 0. The van der Waals surface area contributed by atoms with Crippen molar-refractivity contribution in [2.75, 3.05) is 6.54 Å². The van der Waals surface area contributed by atoms with E-state index in [1.165, 1.54) is 0 Å². The molecule has 0 bridgehead atoms. The first-order chi connectivity index (χ1) is 11.9. The third-order valence-corrected chi connectivity index (χ3v) is 4.09. The van der Waals surface area contributed by atoms with Crippen molar-refractivity contribution in [1.29, 1.82) is 0 Å². The van der Waals surface area contributed by atoms with Crippen LogP contribution in [0.25, 0.3) is 0 Å². The monoisotopic (exact) mass is 325 g/mol. The van der Waals surface area contributed by atoms with Crippen molar-refractivity contribution in [3.8, 4) is 5.88 Å². The average Bonchev–Trinajstić information content (AvgIpc) is 3.20. The molecule has 0 saturated heterocycles. The number of fused-ring (bicyclic) bond motifs is 1. The molecule has 0 radical (unpaired) electrons. The van der Waals surface area contributed by atoms with Gasteiger partial charge in [-0.25, -0.2) is 9.67 Å². The summed E-state index contributed by atoms with van der Waals surface area (Å²) >= 11 is 0. The van der Waals surface area contributed by atoms with Gasteiger partial charge in [0.15, 0.2) is 0 Å². The van der Waals surface area contributed by atoms with Crippen LogP contribution in [0.4, 0.5) is 0 Å². The Morgan fingerprint density at radius 2 is 2.17 bits per heavy atom. The minimum atomic E-state index is 0.376. The Bertz CT molecular complexity index is 770. The van der Waals surface area contributed by atoms with E-state index in [0.29, 0.717) is 12.5 Å². The molecule has 0 aliphatic carbocycles. The van der Waals surface area contributed by atoms with Crippen molar-refractivity contribution in [3.05, 3.63) is 59.9 Å². The smallest absolute Gasteiger partial charge is 0.213 e. The Hall–Kier alpha value is -2.67. The summed E-state index contributed by atoms with van der Waals surface area (Å²) < 4.78 is 13.2. The van der Waals surface area contributed by atoms with Crippen molar-refractivity contribution in [1.82, 2.24) is 24.9 Å². The summed E-state index contributed by atoms with van der Waals surface area (Å²) in [4.78, 5) is 6.53. The lowest BCUT2D eigenvalue weighted by atomic mass is 10.3. The van der Waals surface area contributed by atoms with Crippen LogP contribution in [0.15, 0.2) is 47.2 Å². The minimum absolute atomic E-state index is 0.376. The van der Waals surface area contributed by atoms with Crippen LogP contribution in [0.1, 0.15) is 23.6 Å². The third-order valence-electron chi connectivity index (χ3n) is 4.09. The van der Waals surface area contributed by atoms with Gasteiger partial charge >= 0.3 is 0 Å². The first-order valence-corrected chi connectivity index (χ1v) is 8.08. The summed E-state index contributed by atoms with van der Waals surface area (Å²) in [7, 11) is 0. The molecule has 0 aromatic carbocycles. The van der Waals surface area contributed by atoms with Crippen LogP contribution in [0, 0.1) is 0 Å². The second-order valence-corrected chi connectivity index (χ2v) is 5.81. The highest BCUT2D eigenvalue weighted by Gasteiger charge is 2.21. The number of furan rings is 1. The van der Waals surface area contributed by atoms with Gasteiger partial charge in [-0.15, -0.1) is 5.10 Å². The molecule has 24 heavy (non-hydrogen) atoms. The van der Waals surface area contributed by atoms with Crippen LogP contribution in [-0.2, 0) is 26.2 Å². The lowest BCUT2D eigenvalue weighted by Gasteiger charge is -2.18. The molecular formula is C17H19N5O2.